The van der Waals surface area contributed by atoms with Gasteiger partial charge in [-0.1, -0.05) is 24.3 Å². The molecule has 122 valence electrons. The van der Waals surface area contributed by atoms with E-state index >= 15 is 0 Å². The average Bonchev–Trinajstić information content (AvgIpc) is 2.77. The monoisotopic (exact) mass is 333 g/mol. The summed E-state index contributed by atoms with van der Waals surface area (Å²) in [5.41, 5.74) is 1.16. The number of ether oxygens (including phenoxy) is 1. The minimum Gasteiger partial charge on any atom is -0.506 e. The van der Waals surface area contributed by atoms with Gasteiger partial charge in [0.05, 0.1) is 11.3 Å². The number of nitrogens with zero attached hydrogens (tertiary/aromatic N) is 1. The van der Waals surface area contributed by atoms with E-state index in [1.165, 1.54) is 18.3 Å². The number of aliphatic hydroxyl groups is 1. The van der Waals surface area contributed by atoms with Gasteiger partial charge in [0.1, 0.15) is 11.5 Å². The summed E-state index contributed by atoms with van der Waals surface area (Å²) in [6.45, 7) is 0. The number of rotatable bonds is 3. The van der Waals surface area contributed by atoms with Crippen LogP contribution in [0.1, 0.15) is 15.9 Å². The largest absolute Gasteiger partial charge is 0.573 e. The minimum atomic E-state index is -4.76. The third-order valence-corrected chi connectivity index (χ3v) is 3.34. The van der Waals surface area contributed by atoms with Crippen LogP contribution in [-0.2, 0) is 0 Å². The van der Waals surface area contributed by atoms with Crippen molar-refractivity contribution in [1.29, 1.82) is 0 Å². The van der Waals surface area contributed by atoms with Gasteiger partial charge < -0.3 is 9.84 Å². The van der Waals surface area contributed by atoms with Gasteiger partial charge in [0.25, 0.3) is 0 Å². The van der Waals surface area contributed by atoms with Crippen LogP contribution in [0.5, 0.6) is 5.75 Å². The molecule has 1 aliphatic rings. The van der Waals surface area contributed by atoms with Gasteiger partial charge in [-0.25, -0.2) is 0 Å². The average molecular weight is 333 g/mol. The van der Waals surface area contributed by atoms with E-state index in [0.717, 1.165) is 12.1 Å². The van der Waals surface area contributed by atoms with Gasteiger partial charge in [-0.3, -0.25) is 9.79 Å². The Morgan fingerprint density at radius 3 is 2.21 bits per heavy atom. The van der Waals surface area contributed by atoms with Crippen LogP contribution in [0.4, 0.5) is 18.9 Å². The van der Waals surface area contributed by atoms with E-state index in [-0.39, 0.29) is 22.9 Å². The van der Waals surface area contributed by atoms with E-state index in [4.69, 9.17) is 0 Å². The molecule has 0 unspecified atom stereocenters. The first-order valence-corrected chi connectivity index (χ1v) is 6.82. The van der Waals surface area contributed by atoms with Crippen molar-refractivity contribution in [1.82, 2.24) is 0 Å². The number of aliphatic hydroxyl groups excluding tert-OH is 1. The van der Waals surface area contributed by atoms with Crippen molar-refractivity contribution in [2.24, 2.45) is 4.99 Å². The van der Waals surface area contributed by atoms with Crippen molar-refractivity contribution in [3.05, 3.63) is 65.2 Å². The molecule has 7 heteroatoms. The molecule has 0 spiro atoms. The summed E-state index contributed by atoms with van der Waals surface area (Å²) in [5, 5.41) is 10.1. The molecule has 2 aromatic carbocycles. The van der Waals surface area contributed by atoms with Gasteiger partial charge in [0.15, 0.2) is 5.78 Å². The zero-order valence-electron chi connectivity index (χ0n) is 12.0. The maximum absolute atomic E-state index is 12.2. The van der Waals surface area contributed by atoms with Crippen molar-refractivity contribution < 1.29 is 27.8 Å². The van der Waals surface area contributed by atoms with Gasteiger partial charge in [0.2, 0.25) is 0 Å². The van der Waals surface area contributed by atoms with Gasteiger partial charge in [-0.05, 0) is 24.3 Å². The third kappa shape index (κ3) is 3.15. The van der Waals surface area contributed by atoms with Gasteiger partial charge in [-0.2, -0.15) is 0 Å². The Labute approximate surface area is 134 Å². The molecule has 24 heavy (non-hydrogen) atoms. The molecule has 2 aromatic rings. The Balaban J connectivity index is 1.80. The first-order valence-electron chi connectivity index (χ1n) is 6.82. The number of alkyl halides is 3. The van der Waals surface area contributed by atoms with E-state index in [2.05, 4.69) is 9.73 Å². The number of carbonyl (C=O) groups is 1. The number of fused-ring (bicyclic) bond motifs is 1. The second-order valence-electron chi connectivity index (χ2n) is 4.94. The fourth-order valence-corrected chi connectivity index (χ4v) is 2.28. The number of aliphatic imine (C=N–C) groups is 1. The normalized spacial score (nSPS) is 14.4. The van der Waals surface area contributed by atoms with Crippen LogP contribution in [0.3, 0.4) is 0 Å². The molecular weight excluding hydrogens is 323 g/mol. The second kappa shape index (κ2) is 5.84. The molecule has 0 fully saturated rings. The maximum atomic E-state index is 12.2. The molecule has 0 heterocycles. The molecular formula is C17H10F3NO3. The molecule has 0 radical (unpaired) electrons. The molecule has 0 aliphatic heterocycles. The Morgan fingerprint density at radius 2 is 1.62 bits per heavy atom. The number of halogens is 3. The van der Waals surface area contributed by atoms with Gasteiger partial charge >= 0.3 is 6.36 Å². The highest BCUT2D eigenvalue weighted by atomic mass is 19.4. The van der Waals surface area contributed by atoms with Crippen LogP contribution in [0.25, 0.3) is 5.76 Å². The van der Waals surface area contributed by atoms with Gasteiger partial charge in [0, 0.05) is 17.3 Å². The SMILES string of the molecule is O=C1C(C=Nc2ccc(OC(F)(F)F)cc2)=C(O)c2ccccc21. The Kier molecular flexibility index (Phi) is 3.84. The molecule has 1 N–H and O–H groups in total. The van der Waals surface area contributed by atoms with Crippen LogP contribution in [0, 0.1) is 0 Å². The summed E-state index contributed by atoms with van der Waals surface area (Å²) >= 11 is 0. The zero-order valence-corrected chi connectivity index (χ0v) is 12.0. The summed E-state index contributed by atoms with van der Waals surface area (Å²) in [6.07, 6.45) is -3.57. The number of hydrogen-bond donors (Lipinski definition) is 1. The minimum absolute atomic E-state index is 0.0341. The molecule has 3 rings (SSSR count). The molecule has 4 nitrogen and oxygen atoms in total. The van der Waals surface area contributed by atoms with Crippen LogP contribution in [0.15, 0.2) is 59.1 Å². The fourth-order valence-electron chi connectivity index (χ4n) is 2.28. The number of allylic oxidation sites excluding steroid dienone is 1. The van der Waals surface area contributed by atoms with Crippen molar-refractivity contribution in [2.75, 3.05) is 0 Å². The highest BCUT2D eigenvalue weighted by molar-refractivity contribution is 6.30. The Hall–Kier alpha value is -3.09. The summed E-state index contributed by atoms with van der Waals surface area (Å²) in [4.78, 5) is 16.2. The summed E-state index contributed by atoms with van der Waals surface area (Å²) < 4.78 is 40.0. The summed E-state index contributed by atoms with van der Waals surface area (Å²) in [7, 11) is 0. The zero-order chi connectivity index (χ0) is 17.3. The Bertz CT molecular complexity index is 852. The number of benzene rings is 2. The molecule has 0 amide bonds. The van der Waals surface area contributed by atoms with Crippen molar-refractivity contribution >= 4 is 23.4 Å². The maximum Gasteiger partial charge on any atom is 0.573 e. The Morgan fingerprint density at radius 1 is 1.00 bits per heavy atom. The van der Waals surface area contributed by atoms with Crippen LogP contribution in [0.2, 0.25) is 0 Å². The quantitative estimate of drug-likeness (QED) is 0.844. The predicted octanol–water partition coefficient (Wildman–Crippen LogP) is 4.45. The number of hydrogen-bond acceptors (Lipinski definition) is 4. The van der Waals surface area contributed by atoms with E-state index in [1.807, 2.05) is 0 Å². The topological polar surface area (TPSA) is 58.9 Å². The summed E-state index contributed by atoms with van der Waals surface area (Å²) in [5.74, 6) is -0.895. The smallest absolute Gasteiger partial charge is 0.506 e. The molecule has 0 saturated carbocycles. The lowest BCUT2D eigenvalue weighted by atomic mass is 10.1. The van der Waals surface area contributed by atoms with Gasteiger partial charge in [-0.15, -0.1) is 13.2 Å². The van der Waals surface area contributed by atoms with Crippen LogP contribution >= 0.6 is 0 Å². The van der Waals surface area contributed by atoms with E-state index in [1.54, 1.807) is 24.3 Å². The highest BCUT2D eigenvalue weighted by Gasteiger charge is 2.31. The number of ketones is 1. The van der Waals surface area contributed by atoms with Crippen molar-refractivity contribution in [3.63, 3.8) is 0 Å². The lowest BCUT2D eigenvalue weighted by Crippen LogP contribution is -2.16. The van der Waals surface area contributed by atoms with Crippen molar-refractivity contribution in [3.8, 4) is 5.75 Å². The lowest BCUT2D eigenvalue weighted by Gasteiger charge is -2.08. The molecule has 1 aliphatic carbocycles. The number of Topliss-reactive ketones (excluding diaryl/α,β-unsaturated/α-hetero) is 1. The lowest BCUT2D eigenvalue weighted by molar-refractivity contribution is -0.274. The highest BCUT2D eigenvalue weighted by Crippen LogP contribution is 2.30. The first-order chi connectivity index (χ1) is 11.3. The second-order valence-corrected chi connectivity index (χ2v) is 4.94. The van der Waals surface area contributed by atoms with E-state index < -0.39 is 6.36 Å². The predicted molar refractivity (Wildman–Crippen MR) is 81.6 cm³/mol. The molecule has 0 aromatic heterocycles. The fraction of sp³-hybridized carbons (Fsp3) is 0.0588. The molecule has 0 bridgehead atoms. The van der Waals surface area contributed by atoms with E-state index in [9.17, 15) is 23.1 Å². The first kappa shape index (κ1) is 15.8. The molecule has 0 atom stereocenters. The number of carbonyl (C=O) groups excluding carboxylic acids is 1. The summed E-state index contributed by atoms with van der Waals surface area (Å²) in [6, 6.07) is 11.4. The van der Waals surface area contributed by atoms with Crippen LogP contribution in [-0.4, -0.2) is 23.5 Å². The van der Waals surface area contributed by atoms with Crippen LogP contribution < -0.4 is 4.74 Å². The third-order valence-electron chi connectivity index (χ3n) is 3.34. The van der Waals surface area contributed by atoms with Crippen molar-refractivity contribution in [2.45, 2.75) is 6.36 Å². The molecule has 0 saturated heterocycles. The van der Waals surface area contributed by atoms with E-state index in [0.29, 0.717) is 16.8 Å². The standard InChI is InChI=1S/C17H10F3NO3/c18-17(19,20)24-11-7-5-10(6-8-11)21-9-14-15(22)12-3-1-2-4-13(12)16(14)23/h1-9,22H.